The number of nitrogens with one attached hydrogen (secondary N) is 1. The van der Waals surface area contributed by atoms with Crippen LogP contribution in [0.5, 0.6) is 0 Å². The number of hydrogen-bond acceptors (Lipinski definition) is 2. The van der Waals surface area contributed by atoms with E-state index < -0.39 is 30.7 Å². The Hall–Kier alpha value is -1.07. The largest absolute Gasteiger partial charge is 0.389 e. The summed E-state index contributed by atoms with van der Waals surface area (Å²) in [6, 6.07) is -0.215. The lowest BCUT2D eigenvalue weighted by molar-refractivity contribution is -0.148. The highest BCUT2D eigenvalue weighted by Crippen LogP contribution is 2.21. The van der Waals surface area contributed by atoms with E-state index in [4.69, 9.17) is 0 Å². The molecular formula is C12H20F3NO2. The molecule has 106 valence electrons. The summed E-state index contributed by atoms with van der Waals surface area (Å²) >= 11 is 0. The van der Waals surface area contributed by atoms with Crippen molar-refractivity contribution in [3.63, 3.8) is 0 Å². The van der Waals surface area contributed by atoms with Crippen molar-refractivity contribution in [3.8, 4) is 0 Å². The molecule has 0 aliphatic rings. The van der Waals surface area contributed by atoms with Gasteiger partial charge in [0.15, 0.2) is 0 Å². The maximum atomic E-state index is 11.9. The number of hydrogen-bond donors (Lipinski definition) is 1. The van der Waals surface area contributed by atoms with Gasteiger partial charge >= 0.3 is 6.18 Å². The van der Waals surface area contributed by atoms with E-state index in [-0.39, 0.29) is 17.9 Å². The van der Waals surface area contributed by atoms with Crippen LogP contribution in [0, 0.1) is 11.8 Å². The number of Topliss-reactive ketones (excluding diaryl/α,β-unsaturated/α-hetero) is 1. The molecule has 0 radical (unpaired) electrons. The number of ketones is 1. The van der Waals surface area contributed by atoms with Gasteiger partial charge in [-0.2, -0.15) is 13.2 Å². The van der Waals surface area contributed by atoms with E-state index in [1.165, 1.54) is 0 Å². The maximum absolute atomic E-state index is 11.9. The Labute approximate surface area is 105 Å². The van der Waals surface area contributed by atoms with E-state index in [2.05, 4.69) is 5.32 Å². The SMILES string of the molecule is CC(C)C(NC(=O)C(=O)CCC(F)(F)F)C(C)C. The van der Waals surface area contributed by atoms with Gasteiger partial charge in [0.25, 0.3) is 5.91 Å². The third kappa shape index (κ3) is 6.61. The van der Waals surface area contributed by atoms with Crippen LogP contribution in [0.25, 0.3) is 0 Å². The monoisotopic (exact) mass is 267 g/mol. The molecule has 0 heterocycles. The first-order valence-corrected chi connectivity index (χ1v) is 5.95. The lowest BCUT2D eigenvalue weighted by Crippen LogP contribution is -2.45. The fourth-order valence-electron chi connectivity index (χ4n) is 1.70. The van der Waals surface area contributed by atoms with Crippen molar-refractivity contribution in [1.29, 1.82) is 0 Å². The molecule has 0 aromatic rings. The molecule has 18 heavy (non-hydrogen) atoms. The molecule has 0 bridgehead atoms. The van der Waals surface area contributed by atoms with Crippen molar-refractivity contribution in [2.24, 2.45) is 11.8 Å². The van der Waals surface area contributed by atoms with Gasteiger partial charge in [-0.3, -0.25) is 9.59 Å². The van der Waals surface area contributed by atoms with Gasteiger partial charge < -0.3 is 5.32 Å². The zero-order valence-corrected chi connectivity index (χ0v) is 11.1. The molecule has 0 aromatic carbocycles. The average Bonchev–Trinajstić information content (AvgIpc) is 2.19. The van der Waals surface area contributed by atoms with E-state index in [0.717, 1.165) is 0 Å². The highest BCUT2D eigenvalue weighted by molar-refractivity contribution is 6.36. The lowest BCUT2D eigenvalue weighted by Gasteiger charge is -2.25. The van der Waals surface area contributed by atoms with Gasteiger partial charge in [-0.05, 0) is 11.8 Å². The summed E-state index contributed by atoms with van der Waals surface area (Å²) in [6.07, 6.45) is -6.46. The Bertz CT molecular complexity index is 290. The molecule has 6 heteroatoms. The zero-order chi connectivity index (χ0) is 14.5. The number of rotatable bonds is 6. The minimum absolute atomic E-state index is 0.115. The molecule has 0 saturated heterocycles. The van der Waals surface area contributed by atoms with Crippen LogP contribution in [0.3, 0.4) is 0 Å². The molecular weight excluding hydrogens is 247 g/mol. The highest BCUT2D eigenvalue weighted by atomic mass is 19.4. The Balaban J connectivity index is 4.35. The molecule has 0 aliphatic carbocycles. The molecule has 3 nitrogen and oxygen atoms in total. The summed E-state index contributed by atoms with van der Waals surface area (Å²) in [7, 11) is 0. The van der Waals surface area contributed by atoms with Gasteiger partial charge in [0.1, 0.15) is 0 Å². The van der Waals surface area contributed by atoms with Crippen molar-refractivity contribution in [2.75, 3.05) is 0 Å². The quantitative estimate of drug-likeness (QED) is 0.752. The van der Waals surface area contributed by atoms with E-state index in [9.17, 15) is 22.8 Å². The number of carbonyl (C=O) groups is 2. The van der Waals surface area contributed by atoms with Crippen LogP contribution >= 0.6 is 0 Å². The molecule has 0 aromatic heterocycles. The van der Waals surface area contributed by atoms with E-state index in [1.54, 1.807) is 0 Å². The molecule has 1 amide bonds. The lowest BCUT2D eigenvalue weighted by atomic mass is 9.93. The summed E-state index contributed by atoms with van der Waals surface area (Å²) in [5.41, 5.74) is 0. The third-order valence-electron chi connectivity index (χ3n) is 2.62. The first-order valence-electron chi connectivity index (χ1n) is 5.95. The molecule has 0 fully saturated rings. The fraction of sp³-hybridized carbons (Fsp3) is 0.833. The van der Waals surface area contributed by atoms with Gasteiger partial charge in [0.2, 0.25) is 5.78 Å². The minimum atomic E-state index is -4.41. The van der Waals surface area contributed by atoms with Crippen molar-refractivity contribution in [1.82, 2.24) is 5.32 Å². The van der Waals surface area contributed by atoms with Crippen molar-refractivity contribution < 1.29 is 22.8 Å². The Morgan fingerprint density at radius 1 is 1.06 bits per heavy atom. The Morgan fingerprint density at radius 2 is 1.50 bits per heavy atom. The Kier molecular flexibility index (Phi) is 6.35. The van der Waals surface area contributed by atoms with Gasteiger partial charge in [-0.25, -0.2) is 0 Å². The van der Waals surface area contributed by atoms with Crippen molar-refractivity contribution >= 4 is 11.7 Å². The van der Waals surface area contributed by atoms with E-state index >= 15 is 0 Å². The first kappa shape index (κ1) is 16.9. The van der Waals surface area contributed by atoms with E-state index in [1.807, 2.05) is 27.7 Å². The van der Waals surface area contributed by atoms with Crippen LogP contribution in [-0.4, -0.2) is 23.9 Å². The van der Waals surface area contributed by atoms with Gasteiger partial charge in [0, 0.05) is 12.5 Å². The summed E-state index contributed by atoms with van der Waals surface area (Å²) in [5.74, 6) is -1.71. The second kappa shape index (κ2) is 6.75. The molecule has 0 unspecified atom stereocenters. The minimum Gasteiger partial charge on any atom is -0.346 e. The maximum Gasteiger partial charge on any atom is 0.389 e. The summed E-state index contributed by atoms with van der Waals surface area (Å²) in [5, 5.41) is 2.50. The molecule has 0 aliphatic heterocycles. The van der Waals surface area contributed by atoms with Crippen LogP contribution in [0.15, 0.2) is 0 Å². The molecule has 0 atom stereocenters. The second-order valence-corrected chi connectivity index (χ2v) is 5.03. The van der Waals surface area contributed by atoms with Crippen molar-refractivity contribution in [3.05, 3.63) is 0 Å². The van der Waals surface area contributed by atoms with Crippen LogP contribution in [0.4, 0.5) is 13.2 Å². The average molecular weight is 267 g/mol. The van der Waals surface area contributed by atoms with Gasteiger partial charge in [0.05, 0.1) is 6.42 Å². The summed E-state index contributed by atoms with van der Waals surface area (Å²) in [4.78, 5) is 22.7. The zero-order valence-electron chi connectivity index (χ0n) is 11.1. The second-order valence-electron chi connectivity index (χ2n) is 5.03. The van der Waals surface area contributed by atoms with E-state index in [0.29, 0.717) is 0 Å². The molecule has 0 saturated carbocycles. The standard InChI is InChI=1S/C12H20F3NO2/c1-7(2)10(8(3)4)16-11(18)9(17)5-6-12(13,14)15/h7-8,10H,5-6H2,1-4H3,(H,16,18). The first-order chi connectivity index (χ1) is 8.04. The smallest absolute Gasteiger partial charge is 0.346 e. The predicted octanol–water partition coefficient (Wildman–Crippen LogP) is 2.69. The number of alkyl halides is 3. The fourth-order valence-corrected chi connectivity index (χ4v) is 1.70. The normalized spacial score (nSPS) is 12.3. The topological polar surface area (TPSA) is 46.2 Å². The number of carbonyl (C=O) groups excluding carboxylic acids is 2. The van der Waals surface area contributed by atoms with Crippen LogP contribution in [0.1, 0.15) is 40.5 Å². The summed E-state index contributed by atoms with van der Waals surface area (Å²) in [6.45, 7) is 7.52. The van der Waals surface area contributed by atoms with Crippen LogP contribution < -0.4 is 5.32 Å². The highest BCUT2D eigenvalue weighted by Gasteiger charge is 2.30. The van der Waals surface area contributed by atoms with Crippen LogP contribution in [-0.2, 0) is 9.59 Å². The Morgan fingerprint density at radius 3 is 1.83 bits per heavy atom. The van der Waals surface area contributed by atoms with Crippen LogP contribution in [0.2, 0.25) is 0 Å². The summed E-state index contributed by atoms with van der Waals surface area (Å²) < 4.78 is 35.7. The third-order valence-corrected chi connectivity index (χ3v) is 2.62. The van der Waals surface area contributed by atoms with Gasteiger partial charge in [-0.1, -0.05) is 27.7 Å². The predicted molar refractivity (Wildman–Crippen MR) is 61.9 cm³/mol. The number of halogens is 3. The molecule has 0 spiro atoms. The molecule has 0 rings (SSSR count). The van der Waals surface area contributed by atoms with Crippen molar-refractivity contribution in [2.45, 2.75) is 52.8 Å². The number of amides is 1. The molecule has 1 N–H and O–H groups in total. The van der Waals surface area contributed by atoms with Gasteiger partial charge in [-0.15, -0.1) is 0 Å².